The first-order chi connectivity index (χ1) is 8.81. The van der Waals surface area contributed by atoms with Gasteiger partial charge in [0.15, 0.2) is 6.61 Å². The second-order valence-corrected chi connectivity index (χ2v) is 4.92. The third-order valence-electron chi connectivity index (χ3n) is 2.89. The van der Waals surface area contributed by atoms with Crippen LogP contribution >= 0.6 is 24.0 Å². The molecule has 1 aromatic rings. The van der Waals surface area contributed by atoms with E-state index in [-0.39, 0.29) is 23.0 Å². The minimum absolute atomic E-state index is 0. The Hall–Kier alpha value is -1.27. The highest BCUT2D eigenvalue weighted by Gasteiger charge is 2.47. The van der Waals surface area contributed by atoms with E-state index in [1.165, 1.54) is 6.07 Å². The summed E-state index contributed by atoms with van der Waals surface area (Å²) in [6.07, 6.45) is -0.872. The van der Waals surface area contributed by atoms with E-state index in [0.29, 0.717) is 0 Å². The number of alkyl halides is 2. The zero-order valence-electron chi connectivity index (χ0n) is 10.8. The van der Waals surface area contributed by atoms with Crippen molar-refractivity contribution in [1.82, 2.24) is 5.32 Å². The van der Waals surface area contributed by atoms with E-state index >= 15 is 0 Å². The van der Waals surface area contributed by atoms with Crippen LogP contribution in [-0.2, 0) is 4.74 Å². The Labute approximate surface area is 126 Å². The number of benzene rings is 1. The standard InChI is InChI=1S/C12H13ClF2N2O2.ClH/c1-17(2)7-3-4-8(9(13)5-7)10-12(14,15)6-19-11(18)16-10;/h3-5,10H,6H2,1-2H3,(H,16,18);1H/t10-;/m1./s1. The quantitative estimate of drug-likeness (QED) is 0.907. The lowest BCUT2D eigenvalue weighted by Gasteiger charge is -2.32. The summed E-state index contributed by atoms with van der Waals surface area (Å²) < 4.78 is 31.8. The molecule has 1 amide bonds. The summed E-state index contributed by atoms with van der Waals surface area (Å²) in [5, 5.41) is 2.28. The molecule has 0 saturated carbocycles. The molecular formula is C12H14Cl2F2N2O2. The number of anilines is 1. The fourth-order valence-corrected chi connectivity index (χ4v) is 2.13. The van der Waals surface area contributed by atoms with Crippen LogP contribution in [0, 0.1) is 0 Å². The molecule has 1 heterocycles. The van der Waals surface area contributed by atoms with Crippen LogP contribution < -0.4 is 10.2 Å². The number of nitrogens with zero attached hydrogens (tertiary/aromatic N) is 1. The van der Waals surface area contributed by atoms with E-state index in [4.69, 9.17) is 11.6 Å². The fraction of sp³-hybridized carbons (Fsp3) is 0.417. The monoisotopic (exact) mass is 326 g/mol. The van der Waals surface area contributed by atoms with Crippen LogP contribution in [0.1, 0.15) is 11.6 Å². The average molecular weight is 327 g/mol. The van der Waals surface area contributed by atoms with Gasteiger partial charge in [0.25, 0.3) is 0 Å². The van der Waals surface area contributed by atoms with Crippen LogP contribution in [0.15, 0.2) is 18.2 Å². The fourth-order valence-electron chi connectivity index (χ4n) is 1.84. The molecule has 1 atom stereocenters. The number of hydrogen-bond donors (Lipinski definition) is 1. The maximum atomic E-state index is 13.8. The van der Waals surface area contributed by atoms with Crippen molar-refractivity contribution in [3.8, 4) is 0 Å². The van der Waals surface area contributed by atoms with Crippen molar-refractivity contribution in [2.75, 3.05) is 25.6 Å². The minimum atomic E-state index is -3.20. The molecule has 1 fully saturated rings. The van der Waals surface area contributed by atoms with Gasteiger partial charge in [-0.1, -0.05) is 17.7 Å². The summed E-state index contributed by atoms with van der Waals surface area (Å²) in [6, 6.07) is 3.26. The third kappa shape index (κ3) is 3.24. The molecule has 0 unspecified atom stereocenters. The zero-order chi connectivity index (χ0) is 14.2. The number of amides is 1. The molecule has 1 aliphatic heterocycles. The summed E-state index contributed by atoms with van der Waals surface area (Å²) in [4.78, 5) is 12.9. The molecule has 1 N–H and O–H groups in total. The number of alkyl carbamates (subject to hydrolysis) is 1. The van der Waals surface area contributed by atoms with E-state index < -0.39 is 24.7 Å². The number of carbonyl (C=O) groups excluding carboxylic acids is 1. The van der Waals surface area contributed by atoms with E-state index in [1.807, 2.05) is 14.1 Å². The highest BCUT2D eigenvalue weighted by atomic mass is 35.5. The van der Waals surface area contributed by atoms with Gasteiger partial charge >= 0.3 is 12.0 Å². The Bertz CT molecular complexity index is 512. The van der Waals surface area contributed by atoms with E-state index in [1.54, 1.807) is 17.0 Å². The SMILES string of the molecule is CN(C)c1ccc([C@H]2NC(=O)OCC2(F)F)c(Cl)c1.Cl. The molecule has 0 radical (unpaired) electrons. The maximum absolute atomic E-state index is 13.8. The largest absolute Gasteiger partial charge is 0.443 e. The van der Waals surface area contributed by atoms with Crippen molar-refractivity contribution in [3.05, 3.63) is 28.8 Å². The van der Waals surface area contributed by atoms with E-state index in [9.17, 15) is 13.6 Å². The molecule has 20 heavy (non-hydrogen) atoms. The van der Waals surface area contributed by atoms with Gasteiger partial charge in [0.1, 0.15) is 6.04 Å². The molecule has 0 bridgehead atoms. The number of cyclic esters (lactones) is 1. The first-order valence-corrected chi connectivity index (χ1v) is 5.97. The number of halogens is 4. The van der Waals surface area contributed by atoms with Gasteiger partial charge in [-0.05, 0) is 17.7 Å². The van der Waals surface area contributed by atoms with Crippen molar-refractivity contribution >= 4 is 35.8 Å². The molecule has 112 valence electrons. The van der Waals surface area contributed by atoms with E-state index in [0.717, 1.165) is 5.69 Å². The summed E-state index contributed by atoms with van der Waals surface area (Å²) >= 11 is 6.03. The summed E-state index contributed by atoms with van der Waals surface area (Å²) in [6.45, 7) is -0.949. The van der Waals surface area contributed by atoms with Gasteiger partial charge in [0.05, 0.1) is 0 Å². The second-order valence-electron chi connectivity index (χ2n) is 4.51. The molecule has 1 saturated heterocycles. The molecule has 1 aromatic carbocycles. The number of carbonyl (C=O) groups is 1. The Kier molecular flexibility index (Phi) is 5.05. The second kappa shape index (κ2) is 6.01. The van der Waals surface area contributed by atoms with Crippen molar-refractivity contribution in [2.45, 2.75) is 12.0 Å². The lowest BCUT2D eigenvalue weighted by Crippen LogP contribution is -2.49. The van der Waals surface area contributed by atoms with Gasteiger partial charge in [0, 0.05) is 24.8 Å². The molecule has 0 aromatic heterocycles. The summed E-state index contributed by atoms with van der Waals surface area (Å²) in [5.74, 6) is -3.20. The number of rotatable bonds is 2. The van der Waals surface area contributed by atoms with Gasteiger partial charge in [-0.25, -0.2) is 13.6 Å². The number of hydrogen-bond acceptors (Lipinski definition) is 3. The summed E-state index contributed by atoms with van der Waals surface area (Å²) in [7, 11) is 3.63. The first kappa shape index (κ1) is 16.8. The van der Waals surface area contributed by atoms with Crippen molar-refractivity contribution in [2.24, 2.45) is 0 Å². The van der Waals surface area contributed by atoms with Gasteiger partial charge in [0.2, 0.25) is 0 Å². The van der Waals surface area contributed by atoms with Crippen molar-refractivity contribution < 1.29 is 18.3 Å². The maximum Gasteiger partial charge on any atom is 0.408 e. The van der Waals surface area contributed by atoms with Crippen molar-refractivity contribution in [3.63, 3.8) is 0 Å². The third-order valence-corrected chi connectivity index (χ3v) is 3.22. The Morgan fingerprint density at radius 2 is 2.10 bits per heavy atom. The highest BCUT2D eigenvalue weighted by molar-refractivity contribution is 6.31. The van der Waals surface area contributed by atoms with Gasteiger partial charge in [-0.3, -0.25) is 0 Å². The van der Waals surface area contributed by atoms with Crippen LogP contribution in [0.4, 0.5) is 19.3 Å². The molecule has 0 aliphatic carbocycles. The molecule has 4 nitrogen and oxygen atoms in total. The van der Waals surface area contributed by atoms with Crippen LogP contribution in [0.3, 0.4) is 0 Å². The molecule has 8 heteroatoms. The lowest BCUT2D eigenvalue weighted by molar-refractivity contribution is -0.104. The Balaban J connectivity index is 0.00000200. The summed E-state index contributed by atoms with van der Waals surface area (Å²) in [5.41, 5.74) is 0.962. The van der Waals surface area contributed by atoms with Gasteiger partial charge in [-0.2, -0.15) is 0 Å². The Morgan fingerprint density at radius 3 is 2.65 bits per heavy atom. The topological polar surface area (TPSA) is 41.6 Å². The molecule has 2 rings (SSSR count). The predicted molar refractivity (Wildman–Crippen MR) is 75.2 cm³/mol. The average Bonchev–Trinajstić information content (AvgIpc) is 2.32. The number of ether oxygens (including phenoxy) is 1. The molecular weight excluding hydrogens is 313 g/mol. The van der Waals surface area contributed by atoms with Crippen LogP contribution in [0.5, 0.6) is 0 Å². The molecule has 0 spiro atoms. The minimum Gasteiger partial charge on any atom is -0.443 e. The van der Waals surface area contributed by atoms with Gasteiger partial charge in [-0.15, -0.1) is 12.4 Å². The first-order valence-electron chi connectivity index (χ1n) is 5.59. The van der Waals surface area contributed by atoms with Crippen molar-refractivity contribution in [1.29, 1.82) is 0 Å². The van der Waals surface area contributed by atoms with Crippen LogP contribution in [0.2, 0.25) is 5.02 Å². The number of nitrogens with one attached hydrogen (secondary N) is 1. The zero-order valence-corrected chi connectivity index (χ0v) is 12.4. The highest BCUT2D eigenvalue weighted by Crippen LogP contribution is 2.38. The molecule has 1 aliphatic rings. The smallest absolute Gasteiger partial charge is 0.408 e. The predicted octanol–water partition coefficient (Wildman–Crippen LogP) is 3.24. The van der Waals surface area contributed by atoms with Gasteiger partial charge < -0.3 is 15.0 Å². The normalized spacial score (nSPS) is 20.4. The van der Waals surface area contributed by atoms with E-state index in [2.05, 4.69) is 10.1 Å². The van der Waals surface area contributed by atoms with Crippen LogP contribution in [0.25, 0.3) is 0 Å². The Morgan fingerprint density at radius 1 is 1.45 bits per heavy atom. The lowest BCUT2D eigenvalue weighted by atomic mass is 9.99. The van der Waals surface area contributed by atoms with Crippen LogP contribution in [-0.4, -0.2) is 32.7 Å².